The van der Waals surface area contributed by atoms with Gasteiger partial charge in [-0.3, -0.25) is 14.4 Å². The topological polar surface area (TPSA) is 78.9 Å². The first-order chi connectivity index (χ1) is 30.2. The molecule has 0 aromatic heterocycles. The van der Waals surface area contributed by atoms with Crippen LogP contribution in [0.2, 0.25) is 0 Å². The third-order valence-electron chi connectivity index (χ3n) is 13.4. The van der Waals surface area contributed by atoms with Crippen molar-refractivity contribution in [3.63, 3.8) is 0 Å². The molecule has 368 valence electrons. The van der Waals surface area contributed by atoms with Crippen LogP contribution in [0.5, 0.6) is 0 Å². The zero-order chi connectivity index (χ0) is 45.6. The molecule has 0 aromatic carbocycles. The molecule has 0 spiro atoms. The molecule has 2 unspecified atom stereocenters. The third-order valence-corrected chi connectivity index (χ3v) is 13.4. The summed E-state index contributed by atoms with van der Waals surface area (Å²) in [5, 5.41) is 0. The number of esters is 3. The van der Waals surface area contributed by atoms with E-state index in [1.807, 2.05) is 0 Å². The van der Waals surface area contributed by atoms with Gasteiger partial charge >= 0.3 is 17.9 Å². The molecule has 0 fully saturated rings. The summed E-state index contributed by atoms with van der Waals surface area (Å²) < 4.78 is 16.8. The van der Waals surface area contributed by atoms with Crippen LogP contribution >= 0.6 is 0 Å². The molecule has 0 aliphatic rings. The number of rotatable bonds is 49. The van der Waals surface area contributed by atoms with Crippen LogP contribution in [-0.2, 0) is 28.6 Å². The van der Waals surface area contributed by atoms with Crippen LogP contribution in [0.1, 0.15) is 305 Å². The molecule has 0 saturated carbocycles. The van der Waals surface area contributed by atoms with Crippen molar-refractivity contribution >= 4 is 17.9 Å². The fourth-order valence-electron chi connectivity index (χ4n) is 8.40. The van der Waals surface area contributed by atoms with E-state index in [1.165, 1.54) is 186 Å². The van der Waals surface area contributed by atoms with Gasteiger partial charge in [0.1, 0.15) is 13.2 Å². The van der Waals surface area contributed by atoms with Crippen molar-refractivity contribution in [1.29, 1.82) is 0 Å². The Morgan fingerprint density at radius 1 is 0.323 bits per heavy atom. The first kappa shape index (κ1) is 60.4. The number of ether oxygens (including phenoxy) is 3. The second-order valence-electron chi connectivity index (χ2n) is 20.2. The fourth-order valence-corrected chi connectivity index (χ4v) is 8.40. The Hall–Kier alpha value is -1.59. The van der Waals surface area contributed by atoms with E-state index in [0.717, 1.165) is 75.5 Å². The zero-order valence-electron chi connectivity index (χ0n) is 42.7. The molecule has 0 aromatic rings. The quantitative estimate of drug-likeness (QED) is 0.0344. The highest BCUT2D eigenvalue weighted by molar-refractivity contribution is 5.71. The standard InChI is InChI=1S/C56H108O6/c1-7-51(5)43-37-31-25-19-17-15-13-11-9-10-12-14-16-18-20-27-33-39-45-54(57)60-48-53(62-56(59)47-41-35-29-23-24-30-36-42-50(3)4)49-61-55(58)46-40-34-28-22-21-26-32-38-44-52(6)8-2/h50-53H,7-49H2,1-6H3/t51?,52?,53-/m1/s1. The molecule has 0 N–H and O–H groups in total. The summed E-state index contributed by atoms with van der Waals surface area (Å²) in [6, 6.07) is 0. The van der Waals surface area contributed by atoms with Crippen LogP contribution < -0.4 is 0 Å². The Kier molecular flexibility index (Phi) is 46.2. The second-order valence-corrected chi connectivity index (χ2v) is 20.2. The van der Waals surface area contributed by atoms with E-state index in [0.29, 0.717) is 19.3 Å². The molecular weight excluding hydrogens is 769 g/mol. The molecule has 0 heterocycles. The van der Waals surface area contributed by atoms with Gasteiger partial charge in [-0.1, -0.05) is 266 Å². The minimum Gasteiger partial charge on any atom is -0.462 e. The van der Waals surface area contributed by atoms with E-state index in [4.69, 9.17) is 14.2 Å². The van der Waals surface area contributed by atoms with Gasteiger partial charge < -0.3 is 14.2 Å². The predicted molar refractivity (Wildman–Crippen MR) is 266 cm³/mol. The lowest BCUT2D eigenvalue weighted by Crippen LogP contribution is -2.30. The molecule has 0 radical (unpaired) electrons. The zero-order valence-corrected chi connectivity index (χ0v) is 42.7. The van der Waals surface area contributed by atoms with Gasteiger partial charge in [-0.15, -0.1) is 0 Å². The van der Waals surface area contributed by atoms with E-state index in [2.05, 4.69) is 41.5 Å². The number of carbonyl (C=O) groups is 3. The minimum absolute atomic E-state index is 0.0652. The smallest absolute Gasteiger partial charge is 0.306 e. The molecule has 6 heteroatoms. The number of unbranched alkanes of at least 4 members (excludes halogenated alkanes) is 30. The largest absolute Gasteiger partial charge is 0.462 e. The Balaban J connectivity index is 4.18. The van der Waals surface area contributed by atoms with Gasteiger partial charge in [-0.25, -0.2) is 0 Å². The van der Waals surface area contributed by atoms with Gasteiger partial charge in [0.15, 0.2) is 6.10 Å². The maximum atomic E-state index is 12.8. The normalized spacial score (nSPS) is 13.0. The van der Waals surface area contributed by atoms with Crippen LogP contribution in [-0.4, -0.2) is 37.2 Å². The first-order valence-corrected chi connectivity index (χ1v) is 27.7. The molecular formula is C56H108O6. The molecule has 0 rings (SSSR count). The molecule has 0 saturated heterocycles. The minimum atomic E-state index is -0.763. The van der Waals surface area contributed by atoms with Crippen molar-refractivity contribution in [3.05, 3.63) is 0 Å². The van der Waals surface area contributed by atoms with Crippen molar-refractivity contribution in [2.75, 3.05) is 13.2 Å². The number of hydrogen-bond acceptors (Lipinski definition) is 6. The highest BCUT2D eigenvalue weighted by atomic mass is 16.6. The summed E-state index contributed by atoms with van der Waals surface area (Å²) >= 11 is 0. The van der Waals surface area contributed by atoms with Gasteiger partial charge in [0.2, 0.25) is 0 Å². The lowest BCUT2D eigenvalue weighted by Gasteiger charge is -2.18. The van der Waals surface area contributed by atoms with Crippen LogP contribution in [0.25, 0.3) is 0 Å². The van der Waals surface area contributed by atoms with Crippen LogP contribution in [0.3, 0.4) is 0 Å². The first-order valence-electron chi connectivity index (χ1n) is 27.7. The molecule has 0 bridgehead atoms. The van der Waals surface area contributed by atoms with Crippen molar-refractivity contribution in [3.8, 4) is 0 Å². The van der Waals surface area contributed by atoms with Gasteiger partial charge in [-0.05, 0) is 37.0 Å². The predicted octanol–water partition coefficient (Wildman–Crippen LogP) is 17.9. The van der Waals surface area contributed by atoms with E-state index in [-0.39, 0.29) is 31.1 Å². The van der Waals surface area contributed by atoms with Gasteiger partial charge in [0, 0.05) is 19.3 Å². The van der Waals surface area contributed by atoms with E-state index in [9.17, 15) is 14.4 Å². The summed E-state index contributed by atoms with van der Waals surface area (Å²) in [6.45, 7) is 13.7. The van der Waals surface area contributed by atoms with Crippen molar-refractivity contribution in [2.45, 2.75) is 311 Å². The SMILES string of the molecule is CCC(C)CCCCCCCCCCCCCCCCCCCCC(=O)OC[C@H](COC(=O)CCCCCCCCCCC(C)CC)OC(=O)CCCCCCCCCC(C)C. The Bertz CT molecular complexity index is 964. The third kappa shape index (κ3) is 46.4. The molecule has 0 aliphatic carbocycles. The molecule has 0 aliphatic heterocycles. The van der Waals surface area contributed by atoms with Crippen LogP contribution in [0.15, 0.2) is 0 Å². The molecule has 3 atom stereocenters. The van der Waals surface area contributed by atoms with E-state index < -0.39 is 6.10 Å². The van der Waals surface area contributed by atoms with Crippen LogP contribution in [0.4, 0.5) is 0 Å². The summed E-state index contributed by atoms with van der Waals surface area (Å²) in [6.07, 6.45) is 48.1. The van der Waals surface area contributed by atoms with Crippen molar-refractivity contribution in [1.82, 2.24) is 0 Å². The summed E-state index contributed by atoms with van der Waals surface area (Å²) in [7, 11) is 0. The molecule has 6 nitrogen and oxygen atoms in total. The number of carbonyl (C=O) groups excluding carboxylic acids is 3. The van der Waals surface area contributed by atoms with Gasteiger partial charge in [-0.2, -0.15) is 0 Å². The highest BCUT2D eigenvalue weighted by Crippen LogP contribution is 2.19. The second kappa shape index (κ2) is 47.4. The lowest BCUT2D eigenvalue weighted by atomic mass is 9.99. The van der Waals surface area contributed by atoms with E-state index >= 15 is 0 Å². The fraction of sp³-hybridized carbons (Fsp3) is 0.946. The Morgan fingerprint density at radius 3 is 0.839 bits per heavy atom. The number of hydrogen-bond donors (Lipinski definition) is 0. The maximum absolute atomic E-state index is 12.8. The lowest BCUT2D eigenvalue weighted by molar-refractivity contribution is -0.167. The molecule has 62 heavy (non-hydrogen) atoms. The van der Waals surface area contributed by atoms with Crippen LogP contribution in [0, 0.1) is 17.8 Å². The average Bonchev–Trinajstić information content (AvgIpc) is 3.26. The van der Waals surface area contributed by atoms with Crippen molar-refractivity contribution in [2.24, 2.45) is 17.8 Å². The highest BCUT2D eigenvalue weighted by Gasteiger charge is 2.19. The monoisotopic (exact) mass is 877 g/mol. The van der Waals surface area contributed by atoms with Gasteiger partial charge in [0.25, 0.3) is 0 Å². The maximum Gasteiger partial charge on any atom is 0.306 e. The Labute approximate surface area is 387 Å². The summed E-state index contributed by atoms with van der Waals surface area (Å²) in [5.74, 6) is 1.68. The summed E-state index contributed by atoms with van der Waals surface area (Å²) in [4.78, 5) is 38.0. The van der Waals surface area contributed by atoms with Gasteiger partial charge in [0.05, 0.1) is 0 Å². The summed E-state index contributed by atoms with van der Waals surface area (Å²) in [5.41, 5.74) is 0. The average molecular weight is 877 g/mol. The van der Waals surface area contributed by atoms with Crippen molar-refractivity contribution < 1.29 is 28.6 Å². The molecule has 0 amide bonds. The van der Waals surface area contributed by atoms with E-state index in [1.54, 1.807) is 0 Å². The Morgan fingerprint density at radius 2 is 0.565 bits per heavy atom.